The molecular formula is C19H32N2O3. The zero-order valence-electron chi connectivity index (χ0n) is 15.4. The summed E-state index contributed by atoms with van der Waals surface area (Å²) >= 11 is 0. The summed E-state index contributed by atoms with van der Waals surface area (Å²) in [5.74, 6) is 0. The predicted molar refractivity (Wildman–Crippen MR) is 97.6 cm³/mol. The quantitative estimate of drug-likeness (QED) is 0.800. The molecule has 0 aliphatic carbocycles. The van der Waals surface area contributed by atoms with Crippen LogP contribution >= 0.6 is 0 Å². The zero-order chi connectivity index (χ0) is 17.6. The summed E-state index contributed by atoms with van der Waals surface area (Å²) < 4.78 is 11.0. The molecule has 1 saturated heterocycles. The second kappa shape index (κ2) is 8.81. The maximum atomic E-state index is 10.0. The molecule has 1 aliphatic rings. The molecule has 2 rings (SSSR count). The summed E-state index contributed by atoms with van der Waals surface area (Å²) in [6.07, 6.45) is -0.501. The SMILES string of the molecule is CC(NCC(O)COC(C)(C)C)c1ccc(N2CCOCC2)cc1. The van der Waals surface area contributed by atoms with E-state index in [1.54, 1.807) is 0 Å². The van der Waals surface area contributed by atoms with Gasteiger partial charge in [0.1, 0.15) is 0 Å². The lowest BCUT2D eigenvalue weighted by Crippen LogP contribution is -2.36. The van der Waals surface area contributed by atoms with Gasteiger partial charge in [0.25, 0.3) is 0 Å². The van der Waals surface area contributed by atoms with E-state index in [9.17, 15) is 5.11 Å². The molecule has 136 valence electrons. The van der Waals surface area contributed by atoms with Gasteiger partial charge in [-0.1, -0.05) is 12.1 Å². The van der Waals surface area contributed by atoms with Gasteiger partial charge < -0.3 is 24.8 Å². The van der Waals surface area contributed by atoms with Crippen LogP contribution < -0.4 is 10.2 Å². The number of nitrogens with one attached hydrogen (secondary N) is 1. The number of aliphatic hydroxyl groups excluding tert-OH is 1. The first kappa shape index (κ1) is 19.2. The lowest BCUT2D eigenvalue weighted by molar-refractivity contribution is -0.0482. The average Bonchev–Trinajstić information content (AvgIpc) is 2.58. The van der Waals surface area contributed by atoms with Crippen LogP contribution in [0.4, 0.5) is 5.69 Å². The summed E-state index contributed by atoms with van der Waals surface area (Å²) in [6, 6.07) is 8.82. The van der Waals surface area contributed by atoms with Crippen molar-refractivity contribution >= 4 is 5.69 Å². The fourth-order valence-electron chi connectivity index (χ4n) is 2.63. The maximum Gasteiger partial charge on any atom is 0.0898 e. The van der Waals surface area contributed by atoms with Gasteiger partial charge in [-0.15, -0.1) is 0 Å². The fourth-order valence-corrected chi connectivity index (χ4v) is 2.63. The standard InChI is InChI=1S/C19H32N2O3/c1-15(20-13-18(22)14-24-19(2,3)4)16-5-7-17(8-6-16)21-9-11-23-12-10-21/h5-8,15,18,20,22H,9-14H2,1-4H3. The Labute approximate surface area is 146 Å². The number of aliphatic hydroxyl groups is 1. The van der Waals surface area contributed by atoms with Crippen molar-refractivity contribution in [3.05, 3.63) is 29.8 Å². The molecule has 0 bridgehead atoms. The van der Waals surface area contributed by atoms with Crippen molar-refractivity contribution in [1.82, 2.24) is 5.32 Å². The van der Waals surface area contributed by atoms with Gasteiger partial charge in [-0.3, -0.25) is 0 Å². The van der Waals surface area contributed by atoms with E-state index in [0.717, 1.165) is 26.3 Å². The summed E-state index contributed by atoms with van der Waals surface area (Å²) in [4.78, 5) is 2.35. The molecule has 0 saturated carbocycles. The number of benzene rings is 1. The van der Waals surface area contributed by atoms with Gasteiger partial charge in [-0.2, -0.15) is 0 Å². The Morgan fingerprint density at radius 2 is 1.83 bits per heavy atom. The number of hydrogen-bond donors (Lipinski definition) is 2. The molecule has 1 heterocycles. The molecular weight excluding hydrogens is 304 g/mol. The van der Waals surface area contributed by atoms with Gasteiger partial charge in [-0.05, 0) is 45.4 Å². The van der Waals surface area contributed by atoms with E-state index in [1.807, 2.05) is 20.8 Å². The minimum atomic E-state index is -0.501. The number of nitrogens with zero attached hydrogens (tertiary/aromatic N) is 1. The Morgan fingerprint density at radius 1 is 1.21 bits per heavy atom. The predicted octanol–water partition coefficient (Wildman–Crippen LogP) is 2.35. The van der Waals surface area contributed by atoms with Crippen molar-refractivity contribution in [2.45, 2.75) is 45.4 Å². The van der Waals surface area contributed by atoms with Crippen molar-refractivity contribution in [2.75, 3.05) is 44.4 Å². The number of rotatable bonds is 7. The first-order valence-corrected chi connectivity index (χ1v) is 8.83. The number of hydrogen-bond acceptors (Lipinski definition) is 5. The molecule has 2 atom stereocenters. The lowest BCUT2D eigenvalue weighted by Gasteiger charge is -2.29. The highest BCUT2D eigenvalue weighted by Crippen LogP contribution is 2.20. The Kier molecular flexibility index (Phi) is 7.04. The fraction of sp³-hybridized carbons (Fsp3) is 0.684. The summed E-state index contributed by atoms with van der Waals surface area (Å²) in [7, 11) is 0. The molecule has 1 aliphatic heterocycles. The Morgan fingerprint density at radius 3 is 2.42 bits per heavy atom. The zero-order valence-corrected chi connectivity index (χ0v) is 15.4. The normalized spacial score (nSPS) is 18.5. The highest BCUT2D eigenvalue weighted by atomic mass is 16.5. The number of morpholine rings is 1. The maximum absolute atomic E-state index is 10.0. The van der Waals surface area contributed by atoms with Crippen molar-refractivity contribution in [3.8, 4) is 0 Å². The largest absolute Gasteiger partial charge is 0.389 e. The van der Waals surface area contributed by atoms with E-state index in [0.29, 0.717) is 13.2 Å². The molecule has 5 heteroatoms. The summed E-state index contributed by atoms with van der Waals surface area (Å²) in [6.45, 7) is 12.5. The van der Waals surface area contributed by atoms with E-state index in [4.69, 9.17) is 9.47 Å². The summed E-state index contributed by atoms with van der Waals surface area (Å²) in [5, 5.41) is 13.4. The Hall–Kier alpha value is -1.14. The van der Waals surface area contributed by atoms with E-state index < -0.39 is 6.10 Å². The first-order valence-electron chi connectivity index (χ1n) is 8.83. The van der Waals surface area contributed by atoms with Gasteiger partial charge in [0.15, 0.2) is 0 Å². The molecule has 2 unspecified atom stereocenters. The van der Waals surface area contributed by atoms with E-state index in [1.165, 1.54) is 11.3 Å². The van der Waals surface area contributed by atoms with Crippen LogP contribution in [0.5, 0.6) is 0 Å². The van der Waals surface area contributed by atoms with Crippen LogP contribution in [-0.2, 0) is 9.47 Å². The van der Waals surface area contributed by atoms with Gasteiger partial charge in [-0.25, -0.2) is 0 Å². The highest BCUT2D eigenvalue weighted by Gasteiger charge is 2.15. The molecule has 0 spiro atoms. The van der Waals surface area contributed by atoms with Crippen LogP contribution in [0, 0.1) is 0 Å². The van der Waals surface area contributed by atoms with Crippen molar-refractivity contribution in [3.63, 3.8) is 0 Å². The van der Waals surface area contributed by atoms with Crippen LogP contribution in [0.1, 0.15) is 39.3 Å². The first-order chi connectivity index (χ1) is 11.3. The van der Waals surface area contributed by atoms with Crippen LogP contribution in [0.25, 0.3) is 0 Å². The number of ether oxygens (including phenoxy) is 2. The third kappa shape index (κ3) is 6.40. The molecule has 2 N–H and O–H groups in total. The minimum Gasteiger partial charge on any atom is -0.389 e. The molecule has 1 aromatic carbocycles. The van der Waals surface area contributed by atoms with Gasteiger partial charge in [0, 0.05) is 31.4 Å². The number of anilines is 1. The average molecular weight is 336 g/mol. The third-order valence-corrected chi connectivity index (χ3v) is 4.14. The minimum absolute atomic E-state index is 0.188. The second-order valence-electron chi connectivity index (χ2n) is 7.40. The Balaban J connectivity index is 1.78. The van der Waals surface area contributed by atoms with E-state index in [2.05, 4.69) is 41.4 Å². The molecule has 0 radical (unpaired) electrons. The van der Waals surface area contributed by atoms with Crippen LogP contribution in [0.3, 0.4) is 0 Å². The summed E-state index contributed by atoms with van der Waals surface area (Å²) in [5.41, 5.74) is 2.24. The lowest BCUT2D eigenvalue weighted by atomic mass is 10.1. The molecule has 5 nitrogen and oxygen atoms in total. The topological polar surface area (TPSA) is 54.0 Å². The monoisotopic (exact) mass is 336 g/mol. The third-order valence-electron chi connectivity index (χ3n) is 4.14. The van der Waals surface area contributed by atoms with Crippen LogP contribution in [-0.4, -0.2) is 56.3 Å². The Bertz CT molecular complexity index is 478. The second-order valence-corrected chi connectivity index (χ2v) is 7.40. The van der Waals surface area contributed by atoms with Crippen LogP contribution in [0.15, 0.2) is 24.3 Å². The van der Waals surface area contributed by atoms with Crippen molar-refractivity contribution < 1.29 is 14.6 Å². The van der Waals surface area contributed by atoms with Crippen molar-refractivity contribution in [2.24, 2.45) is 0 Å². The van der Waals surface area contributed by atoms with Gasteiger partial charge >= 0.3 is 0 Å². The van der Waals surface area contributed by atoms with E-state index in [-0.39, 0.29) is 11.6 Å². The molecule has 0 aromatic heterocycles. The molecule has 1 fully saturated rings. The van der Waals surface area contributed by atoms with E-state index >= 15 is 0 Å². The van der Waals surface area contributed by atoms with Gasteiger partial charge in [0.2, 0.25) is 0 Å². The van der Waals surface area contributed by atoms with Gasteiger partial charge in [0.05, 0.1) is 31.5 Å². The van der Waals surface area contributed by atoms with Crippen LogP contribution in [0.2, 0.25) is 0 Å². The smallest absolute Gasteiger partial charge is 0.0898 e. The molecule has 0 amide bonds. The van der Waals surface area contributed by atoms with Crippen molar-refractivity contribution in [1.29, 1.82) is 0 Å². The highest BCUT2D eigenvalue weighted by molar-refractivity contribution is 5.48. The molecule has 1 aromatic rings. The molecule has 24 heavy (non-hydrogen) atoms.